The molecule has 0 bridgehead atoms. The standard InChI is InChI=1S/C21H26BNO8/c1-20(2)21(3,4)31-22(30-20)14-7-8-16(13(9-14)10-24)23-12-29-11-15(18(25)27-5)17(23)19(26)28-6/h7-10H,11-12H2,1-6H3. The lowest BCUT2D eigenvalue weighted by molar-refractivity contribution is -0.140. The molecule has 0 unspecified atom stereocenters. The highest BCUT2D eigenvalue weighted by atomic mass is 16.7. The Labute approximate surface area is 181 Å². The van der Waals surface area contributed by atoms with Crippen molar-refractivity contribution in [3.05, 3.63) is 35.0 Å². The Hall–Kier alpha value is -2.69. The average molecular weight is 431 g/mol. The second kappa shape index (κ2) is 8.45. The summed E-state index contributed by atoms with van der Waals surface area (Å²) in [4.78, 5) is 38.0. The molecule has 0 N–H and O–H groups in total. The van der Waals surface area contributed by atoms with Crippen molar-refractivity contribution < 1.29 is 37.9 Å². The van der Waals surface area contributed by atoms with Crippen molar-refractivity contribution in [3.8, 4) is 0 Å². The molecule has 166 valence electrons. The fourth-order valence-electron chi connectivity index (χ4n) is 3.37. The van der Waals surface area contributed by atoms with Crippen LogP contribution in [-0.4, -0.2) is 64.1 Å². The minimum Gasteiger partial charge on any atom is -0.466 e. The summed E-state index contributed by atoms with van der Waals surface area (Å²) in [7, 11) is 1.76. The van der Waals surface area contributed by atoms with Crippen molar-refractivity contribution in [1.82, 2.24) is 0 Å². The van der Waals surface area contributed by atoms with Gasteiger partial charge < -0.3 is 28.4 Å². The van der Waals surface area contributed by atoms with Crippen molar-refractivity contribution in [2.75, 3.05) is 32.5 Å². The van der Waals surface area contributed by atoms with Gasteiger partial charge in [-0.05, 0) is 45.3 Å². The van der Waals surface area contributed by atoms with Gasteiger partial charge in [-0.25, -0.2) is 9.59 Å². The zero-order valence-corrected chi connectivity index (χ0v) is 18.5. The number of anilines is 1. The van der Waals surface area contributed by atoms with Crippen LogP contribution in [0.3, 0.4) is 0 Å². The first-order valence-corrected chi connectivity index (χ1v) is 9.76. The van der Waals surface area contributed by atoms with Crippen LogP contribution in [0.25, 0.3) is 0 Å². The molecule has 9 nitrogen and oxygen atoms in total. The molecule has 0 saturated carbocycles. The number of rotatable bonds is 5. The molecule has 0 aromatic heterocycles. The van der Waals surface area contributed by atoms with E-state index in [4.69, 9.17) is 23.5 Å². The number of esters is 2. The zero-order chi connectivity index (χ0) is 23.0. The molecule has 1 aromatic carbocycles. The first kappa shape index (κ1) is 23.0. The lowest BCUT2D eigenvalue weighted by atomic mass is 9.78. The molecule has 1 aromatic rings. The van der Waals surface area contributed by atoms with E-state index in [-0.39, 0.29) is 30.2 Å². The molecule has 3 rings (SSSR count). The van der Waals surface area contributed by atoms with Crippen molar-refractivity contribution in [3.63, 3.8) is 0 Å². The van der Waals surface area contributed by atoms with Gasteiger partial charge in [-0.2, -0.15) is 0 Å². The van der Waals surface area contributed by atoms with Crippen LogP contribution in [0, 0.1) is 0 Å². The number of aldehydes is 1. The Kier molecular flexibility index (Phi) is 6.27. The average Bonchev–Trinajstić information content (AvgIpc) is 2.98. The van der Waals surface area contributed by atoms with E-state index in [1.165, 1.54) is 19.1 Å². The van der Waals surface area contributed by atoms with Gasteiger partial charge in [-0.3, -0.25) is 4.79 Å². The first-order valence-electron chi connectivity index (χ1n) is 9.76. The molecule has 31 heavy (non-hydrogen) atoms. The van der Waals surface area contributed by atoms with Crippen LogP contribution in [0.1, 0.15) is 38.1 Å². The summed E-state index contributed by atoms with van der Waals surface area (Å²) >= 11 is 0. The summed E-state index contributed by atoms with van der Waals surface area (Å²) in [6.45, 7) is 7.59. The van der Waals surface area contributed by atoms with E-state index in [1.807, 2.05) is 27.7 Å². The summed E-state index contributed by atoms with van der Waals surface area (Å²) in [6, 6.07) is 5.02. The lowest BCUT2D eigenvalue weighted by Crippen LogP contribution is -2.41. The number of carbonyl (C=O) groups is 3. The maximum Gasteiger partial charge on any atom is 0.494 e. The predicted molar refractivity (Wildman–Crippen MR) is 112 cm³/mol. The highest BCUT2D eigenvalue weighted by molar-refractivity contribution is 6.62. The van der Waals surface area contributed by atoms with Crippen molar-refractivity contribution in [2.24, 2.45) is 0 Å². The van der Waals surface area contributed by atoms with Crippen molar-refractivity contribution in [1.29, 1.82) is 0 Å². The van der Waals surface area contributed by atoms with Crippen LogP contribution in [0.4, 0.5) is 5.69 Å². The van der Waals surface area contributed by atoms with Gasteiger partial charge in [0.05, 0.1) is 43.3 Å². The number of methoxy groups -OCH3 is 2. The summed E-state index contributed by atoms with van der Waals surface area (Å²) in [5.74, 6) is -1.46. The Morgan fingerprint density at radius 3 is 2.23 bits per heavy atom. The van der Waals surface area contributed by atoms with Crippen molar-refractivity contribution >= 4 is 36.5 Å². The third-order valence-corrected chi connectivity index (χ3v) is 5.83. The smallest absolute Gasteiger partial charge is 0.466 e. The van der Waals surface area contributed by atoms with E-state index < -0.39 is 30.3 Å². The van der Waals surface area contributed by atoms with Crippen LogP contribution < -0.4 is 10.4 Å². The summed E-state index contributed by atoms with van der Waals surface area (Å²) in [5.41, 5.74) is 0.197. The Morgan fingerprint density at radius 2 is 1.68 bits per heavy atom. The zero-order valence-electron chi connectivity index (χ0n) is 18.5. The normalized spacial score (nSPS) is 19.9. The number of benzene rings is 1. The van der Waals surface area contributed by atoms with E-state index in [2.05, 4.69) is 0 Å². The second-order valence-electron chi connectivity index (χ2n) is 8.24. The number of hydrogen-bond acceptors (Lipinski definition) is 9. The van der Waals surface area contributed by atoms with E-state index in [0.717, 1.165) is 0 Å². The van der Waals surface area contributed by atoms with E-state index >= 15 is 0 Å². The second-order valence-corrected chi connectivity index (χ2v) is 8.24. The molecule has 0 amide bonds. The van der Waals surface area contributed by atoms with Gasteiger partial charge in [0.2, 0.25) is 0 Å². The molecule has 2 heterocycles. The van der Waals surface area contributed by atoms with Gasteiger partial charge in [0.25, 0.3) is 0 Å². The maximum atomic E-state index is 12.5. The van der Waals surface area contributed by atoms with E-state index in [1.54, 1.807) is 18.2 Å². The summed E-state index contributed by atoms with van der Waals surface area (Å²) in [5, 5.41) is 0. The summed E-state index contributed by atoms with van der Waals surface area (Å²) < 4.78 is 27.2. The SMILES string of the molecule is COC(=O)C1=C(C(=O)OC)N(c2ccc(B3OC(C)(C)C(C)(C)O3)cc2C=O)COC1. The highest BCUT2D eigenvalue weighted by Gasteiger charge is 2.51. The molecule has 10 heteroatoms. The molecule has 2 aliphatic heterocycles. The van der Waals surface area contributed by atoms with Gasteiger partial charge in [0.1, 0.15) is 12.4 Å². The number of hydrogen-bond donors (Lipinski definition) is 0. The quantitative estimate of drug-likeness (QED) is 0.387. The largest absolute Gasteiger partial charge is 0.494 e. The molecular weight excluding hydrogens is 405 g/mol. The molecule has 1 fully saturated rings. The molecule has 0 aliphatic carbocycles. The van der Waals surface area contributed by atoms with Crippen molar-refractivity contribution in [2.45, 2.75) is 38.9 Å². The fraction of sp³-hybridized carbons (Fsp3) is 0.476. The fourth-order valence-corrected chi connectivity index (χ4v) is 3.37. The minimum atomic E-state index is -0.740. The lowest BCUT2D eigenvalue weighted by Gasteiger charge is -2.32. The van der Waals surface area contributed by atoms with Crippen LogP contribution >= 0.6 is 0 Å². The maximum absolute atomic E-state index is 12.5. The van der Waals surface area contributed by atoms with Crippen LogP contribution in [0.2, 0.25) is 0 Å². The molecule has 1 saturated heterocycles. The number of carbonyl (C=O) groups excluding carboxylic acids is 3. The Morgan fingerprint density at radius 1 is 1.06 bits per heavy atom. The monoisotopic (exact) mass is 431 g/mol. The molecule has 2 aliphatic rings. The van der Waals surface area contributed by atoms with Crippen LogP contribution in [0.15, 0.2) is 29.5 Å². The van der Waals surface area contributed by atoms with Gasteiger partial charge in [0.15, 0.2) is 6.29 Å². The number of nitrogens with zero attached hydrogens (tertiary/aromatic N) is 1. The number of ether oxygens (including phenoxy) is 3. The molecule has 0 radical (unpaired) electrons. The Bertz CT molecular complexity index is 923. The topological polar surface area (TPSA) is 101 Å². The van der Waals surface area contributed by atoms with Crippen LogP contribution in [-0.2, 0) is 33.1 Å². The third kappa shape index (κ3) is 4.10. The van der Waals surface area contributed by atoms with Gasteiger partial charge in [-0.15, -0.1) is 0 Å². The van der Waals surface area contributed by atoms with Gasteiger partial charge in [-0.1, -0.05) is 6.07 Å². The first-order chi connectivity index (χ1) is 14.6. The summed E-state index contributed by atoms with van der Waals surface area (Å²) in [6.07, 6.45) is 0.658. The highest BCUT2D eigenvalue weighted by Crippen LogP contribution is 2.37. The van der Waals surface area contributed by atoms with Gasteiger partial charge in [0, 0.05) is 5.56 Å². The van der Waals surface area contributed by atoms with E-state index in [9.17, 15) is 14.4 Å². The molecule has 0 spiro atoms. The van der Waals surface area contributed by atoms with Gasteiger partial charge >= 0.3 is 19.1 Å². The molecule has 0 atom stereocenters. The predicted octanol–water partition coefficient (Wildman–Crippen LogP) is 1.19. The van der Waals surface area contributed by atoms with E-state index in [0.29, 0.717) is 17.4 Å². The van der Waals surface area contributed by atoms with Crippen LogP contribution in [0.5, 0.6) is 0 Å². The molecular formula is C21H26BNO8. The third-order valence-electron chi connectivity index (χ3n) is 5.83. The Balaban J connectivity index is 2.04. The minimum absolute atomic E-state index is 0.00693.